The average molecular weight is 547 g/mol. The summed E-state index contributed by atoms with van der Waals surface area (Å²) in [5.41, 5.74) is 1.66. The number of nitrogens with one attached hydrogen (secondary N) is 2. The molecular weight excluding hydrogens is 516 g/mol. The van der Waals surface area contributed by atoms with E-state index in [4.69, 9.17) is 0 Å². The molecule has 4 N–H and O–H groups in total. The third kappa shape index (κ3) is 8.35. The number of carbonyl (C=O) groups excluding carboxylic acids is 2. The van der Waals surface area contributed by atoms with Crippen molar-refractivity contribution >= 4 is 38.3 Å². The normalized spacial score (nSPS) is 13.8. The van der Waals surface area contributed by atoms with Crippen LogP contribution in [0.1, 0.15) is 28.0 Å². The summed E-state index contributed by atoms with van der Waals surface area (Å²) in [4.78, 5) is 29.4. The Hall–Kier alpha value is -3.32. The predicted octanol–water partition coefficient (Wildman–Crippen LogP) is 1.31. The van der Waals surface area contributed by atoms with Gasteiger partial charge in [-0.05, 0) is 17.5 Å². The van der Waals surface area contributed by atoms with Gasteiger partial charge >= 0.3 is 0 Å². The number of aliphatic hydroxyl groups is 2. The van der Waals surface area contributed by atoms with E-state index in [0.29, 0.717) is 0 Å². The first-order chi connectivity index (χ1) is 17.5. The van der Waals surface area contributed by atoms with Crippen LogP contribution in [0, 0.1) is 0 Å². The van der Waals surface area contributed by atoms with Gasteiger partial charge in [0.05, 0.1) is 24.8 Å². The Morgan fingerprint density at radius 3 is 2.22 bits per heavy atom. The summed E-state index contributed by atoms with van der Waals surface area (Å²) in [5.74, 6) is -1.10. The smallest absolute Gasteiger partial charge is 0.271 e. The molecule has 10 nitrogen and oxygen atoms in total. The molecule has 1 heterocycles. The van der Waals surface area contributed by atoms with Crippen LogP contribution in [0.25, 0.3) is 0 Å². The van der Waals surface area contributed by atoms with E-state index in [0.717, 1.165) is 33.0 Å². The first kappa shape index (κ1) is 28.3. The number of hydrogen-bond donors (Lipinski definition) is 4. The second kappa shape index (κ2) is 12.8. The molecule has 3 unspecified atom stereocenters. The first-order valence-corrected chi connectivity index (χ1v) is 14.2. The van der Waals surface area contributed by atoms with E-state index in [1.807, 2.05) is 60.7 Å². The van der Waals surface area contributed by atoms with E-state index in [1.165, 1.54) is 12.4 Å². The molecule has 0 aliphatic rings. The number of anilines is 1. The van der Waals surface area contributed by atoms with E-state index < -0.39 is 40.1 Å². The monoisotopic (exact) mass is 546 g/mol. The molecule has 3 aromatic rings. The van der Waals surface area contributed by atoms with E-state index >= 15 is 0 Å². The molecule has 0 saturated carbocycles. The third-order valence-corrected chi connectivity index (χ3v) is 7.84. The molecule has 3 atom stereocenters. The van der Waals surface area contributed by atoms with Crippen molar-refractivity contribution in [2.24, 2.45) is 0 Å². The highest BCUT2D eigenvalue weighted by atomic mass is 32.2. The molecule has 2 aromatic carbocycles. The number of amides is 2. The van der Waals surface area contributed by atoms with Crippen molar-refractivity contribution in [3.8, 4) is 0 Å². The number of thiazole rings is 1. The van der Waals surface area contributed by atoms with Crippen molar-refractivity contribution in [2.75, 3.05) is 17.6 Å². The van der Waals surface area contributed by atoms with Crippen LogP contribution >= 0.6 is 11.3 Å². The van der Waals surface area contributed by atoms with Crippen LogP contribution in [-0.2, 0) is 27.8 Å². The molecule has 198 valence electrons. The number of rotatable bonds is 12. The van der Waals surface area contributed by atoms with Crippen molar-refractivity contribution < 1.29 is 28.2 Å². The predicted molar refractivity (Wildman–Crippen MR) is 142 cm³/mol. The van der Waals surface area contributed by atoms with Gasteiger partial charge in [-0.1, -0.05) is 60.7 Å². The quantitative estimate of drug-likeness (QED) is 0.268. The molecule has 0 aliphatic heterocycles. The lowest BCUT2D eigenvalue weighted by Gasteiger charge is -2.27. The number of carbonyl (C=O) groups is 2. The van der Waals surface area contributed by atoms with Crippen LogP contribution in [0.15, 0.2) is 66.0 Å². The third-order valence-electron chi connectivity index (χ3n) is 5.64. The molecule has 0 bridgehead atoms. The number of aromatic nitrogens is 1. The molecule has 2 amide bonds. The van der Waals surface area contributed by atoms with Crippen LogP contribution in [-0.4, -0.2) is 67.0 Å². The van der Waals surface area contributed by atoms with Gasteiger partial charge in [-0.3, -0.25) is 9.59 Å². The van der Waals surface area contributed by atoms with Crippen molar-refractivity contribution in [1.29, 1.82) is 0 Å². The second-order valence-corrected chi connectivity index (χ2v) is 11.4. The molecule has 0 saturated heterocycles. The summed E-state index contributed by atoms with van der Waals surface area (Å²) in [6.07, 6.45) is -2.08. The van der Waals surface area contributed by atoms with Gasteiger partial charge in [0.15, 0.2) is 5.13 Å². The minimum Gasteiger partial charge on any atom is -0.390 e. The number of nitrogens with zero attached hydrogens (tertiary/aromatic N) is 2. The Morgan fingerprint density at radius 2 is 1.62 bits per heavy atom. The zero-order valence-electron chi connectivity index (χ0n) is 20.4. The molecule has 3 rings (SSSR count). The first-order valence-electron chi connectivity index (χ1n) is 11.5. The van der Waals surface area contributed by atoms with Gasteiger partial charge in [0.2, 0.25) is 15.9 Å². The molecule has 0 aliphatic carbocycles. The van der Waals surface area contributed by atoms with Crippen LogP contribution < -0.4 is 14.9 Å². The second-order valence-electron chi connectivity index (χ2n) is 8.54. The van der Waals surface area contributed by atoms with Crippen LogP contribution in [0.5, 0.6) is 0 Å². The van der Waals surface area contributed by atoms with Gasteiger partial charge in [-0.2, -0.15) is 0 Å². The van der Waals surface area contributed by atoms with Gasteiger partial charge in [0, 0.05) is 19.0 Å². The topological polar surface area (TPSA) is 149 Å². The highest BCUT2D eigenvalue weighted by molar-refractivity contribution is 7.92. The zero-order chi connectivity index (χ0) is 27.0. The lowest BCUT2D eigenvalue weighted by molar-refractivity contribution is -0.125. The van der Waals surface area contributed by atoms with E-state index in [9.17, 15) is 28.2 Å². The standard InChI is InChI=1S/C25H30N4O6S2/c1-29(37(2,34)35)25-28-20(16-36-25)24(33)27-19(13-17-9-5-3-6-10-17)23(32)21(30)14-22(31)26-15-18-11-7-4-8-12-18/h3-12,16,19,21,23,30,32H,13-15H2,1-2H3,(H,26,31)(H,27,33). The summed E-state index contributed by atoms with van der Waals surface area (Å²) in [5, 5.41) is 28.5. The Bertz CT molecular complexity index is 1280. The van der Waals surface area contributed by atoms with Gasteiger partial charge in [-0.25, -0.2) is 17.7 Å². The Morgan fingerprint density at radius 1 is 1.03 bits per heavy atom. The molecule has 0 spiro atoms. The van der Waals surface area contributed by atoms with Crippen molar-refractivity contribution in [3.63, 3.8) is 0 Å². The van der Waals surface area contributed by atoms with Crippen LogP contribution in [0.2, 0.25) is 0 Å². The number of benzene rings is 2. The summed E-state index contributed by atoms with van der Waals surface area (Å²) >= 11 is 0.981. The molecule has 1 aromatic heterocycles. The zero-order valence-corrected chi connectivity index (χ0v) is 22.1. The van der Waals surface area contributed by atoms with Crippen molar-refractivity contribution in [2.45, 2.75) is 37.6 Å². The Labute approximate surface area is 220 Å². The molecule has 0 radical (unpaired) electrons. The molecule has 37 heavy (non-hydrogen) atoms. The highest BCUT2D eigenvalue weighted by Crippen LogP contribution is 2.22. The fraction of sp³-hybridized carbons (Fsp3) is 0.320. The van der Waals surface area contributed by atoms with E-state index in [2.05, 4.69) is 15.6 Å². The lowest BCUT2D eigenvalue weighted by Crippen LogP contribution is -2.50. The van der Waals surface area contributed by atoms with E-state index in [1.54, 1.807) is 0 Å². The van der Waals surface area contributed by atoms with Gasteiger partial charge < -0.3 is 20.8 Å². The number of hydrogen-bond acceptors (Lipinski definition) is 8. The molecular formula is C25H30N4O6S2. The van der Waals surface area contributed by atoms with Crippen LogP contribution in [0.4, 0.5) is 5.13 Å². The maximum absolute atomic E-state index is 12.9. The highest BCUT2D eigenvalue weighted by Gasteiger charge is 2.30. The summed E-state index contributed by atoms with van der Waals surface area (Å²) in [6, 6.07) is 17.4. The van der Waals surface area contributed by atoms with Crippen LogP contribution in [0.3, 0.4) is 0 Å². The Kier molecular flexibility index (Phi) is 9.75. The van der Waals surface area contributed by atoms with Gasteiger partial charge in [-0.15, -0.1) is 11.3 Å². The largest absolute Gasteiger partial charge is 0.390 e. The minimum absolute atomic E-state index is 0.0316. The maximum Gasteiger partial charge on any atom is 0.271 e. The fourth-order valence-electron chi connectivity index (χ4n) is 3.47. The van der Waals surface area contributed by atoms with Crippen molar-refractivity contribution in [1.82, 2.24) is 15.6 Å². The van der Waals surface area contributed by atoms with Gasteiger partial charge in [0.1, 0.15) is 11.8 Å². The maximum atomic E-state index is 12.9. The summed E-state index contributed by atoms with van der Waals surface area (Å²) in [7, 11) is -2.22. The minimum atomic E-state index is -3.55. The molecule has 12 heteroatoms. The summed E-state index contributed by atoms with van der Waals surface area (Å²) in [6.45, 7) is 0.279. The van der Waals surface area contributed by atoms with Crippen molar-refractivity contribution in [3.05, 3.63) is 82.9 Å². The van der Waals surface area contributed by atoms with E-state index in [-0.39, 0.29) is 30.2 Å². The Balaban J connectivity index is 1.69. The summed E-state index contributed by atoms with van der Waals surface area (Å²) < 4.78 is 24.5. The SMILES string of the molecule is CN(c1nc(C(=O)NC(Cc2ccccc2)C(O)C(O)CC(=O)NCc2ccccc2)cs1)S(C)(=O)=O. The molecule has 0 fully saturated rings. The lowest BCUT2D eigenvalue weighted by atomic mass is 9.96. The van der Waals surface area contributed by atoms with Gasteiger partial charge in [0.25, 0.3) is 5.91 Å². The fourth-order valence-corrected chi connectivity index (χ4v) is 5.01. The number of sulfonamides is 1. The number of aliphatic hydroxyl groups excluding tert-OH is 2. The average Bonchev–Trinajstić information content (AvgIpc) is 3.37.